The first kappa shape index (κ1) is 14.6. The Labute approximate surface area is 122 Å². The van der Waals surface area contributed by atoms with Crippen molar-refractivity contribution in [2.24, 2.45) is 0 Å². The van der Waals surface area contributed by atoms with E-state index in [1.165, 1.54) is 12.4 Å². The Bertz CT molecular complexity index is 636. The lowest BCUT2D eigenvalue weighted by molar-refractivity contribution is 0.0843. The first-order valence-electron chi connectivity index (χ1n) is 6.58. The van der Waals surface area contributed by atoms with Crippen molar-refractivity contribution < 1.29 is 9.59 Å². The van der Waals surface area contributed by atoms with Crippen molar-refractivity contribution in [3.8, 4) is 0 Å². The fourth-order valence-electron chi connectivity index (χ4n) is 1.65. The highest BCUT2D eigenvalue weighted by Gasteiger charge is 2.10. The number of aromatic nitrogens is 2. The smallest absolute Gasteiger partial charge is 0.267 e. The van der Waals surface area contributed by atoms with Gasteiger partial charge in [0.15, 0.2) is 0 Å². The summed E-state index contributed by atoms with van der Waals surface area (Å²) in [6.07, 6.45) is 3.75. The topological polar surface area (TPSA) is 84.0 Å². The molecule has 0 aliphatic heterocycles. The summed E-state index contributed by atoms with van der Waals surface area (Å²) >= 11 is 0. The number of benzene rings is 1. The van der Waals surface area contributed by atoms with Crippen LogP contribution in [0, 0.1) is 6.92 Å². The monoisotopic (exact) mass is 284 g/mol. The van der Waals surface area contributed by atoms with Gasteiger partial charge in [-0.25, -0.2) is 4.98 Å². The third kappa shape index (κ3) is 3.85. The van der Waals surface area contributed by atoms with Crippen LogP contribution in [0.1, 0.15) is 39.0 Å². The highest BCUT2D eigenvalue weighted by molar-refractivity contribution is 5.98. The summed E-state index contributed by atoms with van der Waals surface area (Å²) in [5, 5.41) is 0. The van der Waals surface area contributed by atoms with Gasteiger partial charge in [0.05, 0.1) is 11.9 Å². The second-order valence-electron chi connectivity index (χ2n) is 4.50. The van der Waals surface area contributed by atoms with Crippen LogP contribution in [0.5, 0.6) is 0 Å². The van der Waals surface area contributed by atoms with Gasteiger partial charge in [0.25, 0.3) is 11.8 Å². The maximum absolute atomic E-state index is 11.9. The van der Waals surface area contributed by atoms with Crippen LogP contribution in [-0.4, -0.2) is 21.8 Å². The zero-order valence-corrected chi connectivity index (χ0v) is 11.9. The first-order valence-corrected chi connectivity index (χ1v) is 6.58. The summed E-state index contributed by atoms with van der Waals surface area (Å²) in [5.74, 6) is -0.896. The normalized spacial score (nSPS) is 10.0. The summed E-state index contributed by atoms with van der Waals surface area (Å²) in [7, 11) is 0. The average molecular weight is 284 g/mol. The Morgan fingerprint density at radius 2 is 1.67 bits per heavy atom. The summed E-state index contributed by atoms with van der Waals surface area (Å²) in [6.45, 7) is 3.81. The zero-order chi connectivity index (χ0) is 15.2. The number of hydrazine groups is 1. The molecule has 0 atom stereocenters. The number of hydrogen-bond donors (Lipinski definition) is 2. The van der Waals surface area contributed by atoms with Gasteiger partial charge in [-0.05, 0) is 31.0 Å². The molecule has 2 rings (SSSR count). The van der Waals surface area contributed by atoms with Crippen LogP contribution in [0.3, 0.4) is 0 Å². The van der Waals surface area contributed by atoms with E-state index in [4.69, 9.17) is 0 Å². The molecule has 1 aromatic heterocycles. The number of hydrogen-bond acceptors (Lipinski definition) is 4. The van der Waals surface area contributed by atoms with Gasteiger partial charge >= 0.3 is 0 Å². The van der Waals surface area contributed by atoms with Gasteiger partial charge in [0, 0.05) is 11.8 Å². The molecular formula is C15H16N4O2. The number of carbonyl (C=O) groups excluding carboxylic acids is 2. The van der Waals surface area contributed by atoms with E-state index < -0.39 is 5.91 Å². The standard InChI is InChI=1S/C15H16N4O2/c1-3-11-4-6-12(7-5-11)14(20)18-19-15(21)13-9-16-10(2)8-17-13/h4-9H,3H2,1-2H3,(H,18,20)(H,19,21). The van der Waals surface area contributed by atoms with Crippen molar-refractivity contribution in [1.29, 1.82) is 0 Å². The molecule has 0 saturated carbocycles. The number of amides is 2. The van der Waals surface area contributed by atoms with E-state index in [-0.39, 0.29) is 11.6 Å². The van der Waals surface area contributed by atoms with Crippen molar-refractivity contribution in [2.45, 2.75) is 20.3 Å². The SMILES string of the molecule is CCc1ccc(C(=O)NNC(=O)c2cnc(C)cn2)cc1. The molecule has 0 radical (unpaired) electrons. The summed E-state index contributed by atoms with van der Waals surface area (Å²) in [5.41, 5.74) is 7.12. The van der Waals surface area contributed by atoms with Gasteiger partial charge in [-0.2, -0.15) is 0 Å². The molecule has 2 N–H and O–H groups in total. The molecule has 2 aromatic rings. The van der Waals surface area contributed by atoms with Gasteiger partial charge in [-0.3, -0.25) is 25.4 Å². The quantitative estimate of drug-likeness (QED) is 0.835. The fraction of sp³-hybridized carbons (Fsp3) is 0.200. The predicted molar refractivity (Wildman–Crippen MR) is 77.5 cm³/mol. The molecule has 0 aliphatic rings. The van der Waals surface area contributed by atoms with E-state index in [0.29, 0.717) is 11.3 Å². The molecule has 0 unspecified atom stereocenters. The van der Waals surface area contributed by atoms with E-state index in [1.807, 2.05) is 19.1 Å². The van der Waals surface area contributed by atoms with Crippen LogP contribution < -0.4 is 10.9 Å². The number of aryl methyl sites for hydroxylation is 2. The van der Waals surface area contributed by atoms with E-state index in [9.17, 15) is 9.59 Å². The van der Waals surface area contributed by atoms with Gasteiger partial charge in [0.1, 0.15) is 5.69 Å². The van der Waals surface area contributed by atoms with Crippen molar-refractivity contribution in [2.75, 3.05) is 0 Å². The molecule has 2 amide bonds. The lowest BCUT2D eigenvalue weighted by Crippen LogP contribution is -2.42. The minimum Gasteiger partial charge on any atom is -0.267 e. The van der Waals surface area contributed by atoms with E-state index in [1.54, 1.807) is 19.1 Å². The molecule has 0 saturated heterocycles. The molecule has 6 nitrogen and oxygen atoms in total. The number of rotatable bonds is 3. The van der Waals surface area contributed by atoms with Gasteiger partial charge < -0.3 is 0 Å². The van der Waals surface area contributed by atoms with Crippen LogP contribution in [0.25, 0.3) is 0 Å². The van der Waals surface area contributed by atoms with Gasteiger partial charge in [-0.1, -0.05) is 19.1 Å². The van der Waals surface area contributed by atoms with Crippen LogP contribution in [-0.2, 0) is 6.42 Å². The summed E-state index contributed by atoms with van der Waals surface area (Å²) < 4.78 is 0. The second kappa shape index (κ2) is 6.60. The number of nitrogens with one attached hydrogen (secondary N) is 2. The van der Waals surface area contributed by atoms with E-state index in [0.717, 1.165) is 12.0 Å². The summed E-state index contributed by atoms with van der Waals surface area (Å²) in [4.78, 5) is 31.5. The van der Waals surface area contributed by atoms with Crippen molar-refractivity contribution >= 4 is 11.8 Å². The molecule has 108 valence electrons. The zero-order valence-electron chi connectivity index (χ0n) is 11.9. The lowest BCUT2D eigenvalue weighted by Gasteiger charge is -2.07. The predicted octanol–water partition coefficient (Wildman–Crippen LogP) is 1.42. The maximum atomic E-state index is 11.9. The molecule has 0 fully saturated rings. The molecule has 0 aliphatic carbocycles. The largest absolute Gasteiger partial charge is 0.289 e. The lowest BCUT2D eigenvalue weighted by atomic mass is 10.1. The summed E-state index contributed by atoms with van der Waals surface area (Å²) in [6, 6.07) is 7.18. The van der Waals surface area contributed by atoms with Crippen molar-refractivity contribution in [1.82, 2.24) is 20.8 Å². The van der Waals surface area contributed by atoms with Crippen molar-refractivity contribution in [3.63, 3.8) is 0 Å². The third-order valence-corrected chi connectivity index (χ3v) is 2.93. The molecule has 1 aromatic carbocycles. The first-order chi connectivity index (χ1) is 10.1. The number of nitrogens with zero attached hydrogens (tertiary/aromatic N) is 2. The Morgan fingerprint density at radius 3 is 2.24 bits per heavy atom. The third-order valence-electron chi connectivity index (χ3n) is 2.93. The van der Waals surface area contributed by atoms with Crippen LogP contribution in [0.15, 0.2) is 36.7 Å². The Kier molecular flexibility index (Phi) is 4.61. The molecule has 1 heterocycles. The highest BCUT2D eigenvalue weighted by Crippen LogP contribution is 2.04. The molecule has 0 spiro atoms. The molecular weight excluding hydrogens is 268 g/mol. The molecule has 0 bridgehead atoms. The van der Waals surface area contributed by atoms with Crippen LogP contribution >= 0.6 is 0 Å². The fourth-order valence-corrected chi connectivity index (χ4v) is 1.65. The average Bonchev–Trinajstić information content (AvgIpc) is 2.53. The Balaban J connectivity index is 1.93. The Morgan fingerprint density at radius 1 is 1.00 bits per heavy atom. The molecule has 21 heavy (non-hydrogen) atoms. The minimum absolute atomic E-state index is 0.141. The minimum atomic E-state index is -0.513. The van der Waals surface area contributed by atoms with Crippen LogP contribution in [0.2, 0.25) is 0 Å². The van der Waals surface area contributed by atoms with Gasteiger partial charge in [-0.15, -0.1) is 0 Å². The van der Waals surface area contributed by atoms with Gasteiger partial charge in [0.2, 0.25) is 0 Å². The van der Waals surface area contributed by atoms with E-state index in [2.05, 4.69) is 20.8 Å². The maximum Gasteiger partial charge on any atom is 0.289 e. The van der Waals surface area contributed by atoms with Crippen LogP contribution in [0.4, 0.5) is 0 Å². The second-order valence-corrected chi connectivity index (χ2v) is 4.50. The van der Waals surface area contributed by atoms with E-state index >= 15 is 0 Å². The Hall–Kier alpha value is -2.76. The molecule has 6 heteroatoms. The number of carbonyl (C=O) groups is 2. The highest BCUT2D eigenvalue weighted by atomic mass is 16.2. The van der Waals surface area contributed by atoms with Crippen molar-refractivity contribution in [3.05, 3.63) is 59.2 Å².